The van der Waals surface area contributed by atoms with Gasteiger partial charge in [-0.2, -0.15) is 6.07 Å². The van der Waals surface area contributed by atoms with Gasteiger partial charge in [0.15, 0.2) is 0 Å². The first-order valence-corrected chi connectivity index (χ1v) is 17.1. The third-order valence-corrected chi connectivity index (χ3v) is 5.53. The second kappa shape index (κ2) is 11.6. The van der Waals surface area contributed by atoms with Gasteiger partial charge in [-0.3, -0.25) is 0 Å². The molecule has 0 amide bonds. The zero-order valence-electron chi connectivity index (χ0n) is 18.6. The molecular weight excluding hydrogens is 498 g/mol. The third kappa shape index (κ3) is 5.95. The van der Waals surface area contributed by atoms with Crippen molar-refractivity contribution in [1.82, 2.24) is 0 Å². The van der Waals surface area contributed by atoms with Crippen molar-refractivity contribution >= 4 is 27.8 Å². The fraction of sp³-hybridized carbons (Fsp3) is 0.250. The van der Waals surface area contributed by atoms with Crippen LogP contribution < -0.4 is 0 Å². The van der Waals surface area contributed by atoms with Crippen molar-refractivity contribution < 1.29 is 20.8 Å². The van der Waals surface area contributed by atoms with Gasteiger partial charge in [0.1, 0.15) is 0 Å². The molecule has 31 heavy (non-hydrogen) atoms. The van der Waals surface area contributed by atoms with E-state index in [4.69, 9.17) is 17.0 Å². The number of rotatable bonds is 5. The predicted octanol–water partition coefficient (Wildman–Crippen LogP) is 9.59. The molecule has 4 aromatic carbocycles. The van der Waals surface area contributed by atoms with Crippen molar-refractivity contribution in [2.75, 3.05) is 0 Å². The maximum absolute atomic E-state index is 4.93. The fourth-order valence-corrected chi connectivity index (χ4v) is 4.31. The van der Waals surface area contributed by atoms with E-state index in [1.165, 1.54) is 44.2 Å². The molecule has 0 N–H and O–H groups in total. The Labute approximate surface area is 205 Å². The first-order valence-electron chi connectivity index (χ1n) is 10.8. The van der Waals surface area contributed by atoms with Crippen molar-refractivity contribution in [3.05, 3.63) is 90.0 Å². The minimum absolute atomic E-state index is 0.486. The van der Waals surface area contributed by atoms with Gasteiger partial charge < -0.3 is 0 Å². The van der Waals surface area contributed by atoms with Crippen molar-refractivity contribution in [2.24, 2.45) is 5.92 Å². The van der Waals surface area contributed by atoms with Gasteiger partial charge in [-0.15, -0.1) is 28.5 Å². The Bertz CT molecular complexity index is 1110. The molecule has 0 fully saturated rings. The van der Waals surface area contributed by atoms with Gasteiger partial charge in [-0.05, 0) is 40.5 Å². The van der Waals surface area contributed by atoms with Crippen LogP contribution in [-0.2, 0) is 27.3 Å². The molecule has 3 heteroatoms. The molecule has 0 aliphatic heterocycles. The standard InChI is InChI=1S/C28H29.2ClH.Zr/c1-19(2)16-21-17-23-14-15-25(22-10-6-5-7-11-22)28(27(23)18-21)26-13-9-8-12-24(26)20(3)4;;;/h5-15,17-20H,16H2,1-4H3;2*1H;/q-1;;;+2/p-2. The molecular formula is C28H29Cl2Zr-. The molecule has 4 aromatic rings. The molecule has 0 atom stereocenters. The second-order valence-corrected chi connectivity index (χ2v) is 12.4. The summed E-state index contributed by atoms with van der Waals surface area (Å²) in [6.45, 7) is 9.16. The van der Waals surface area contributed by atoms with E-state index in [-0.39, 0.29) is 0 Å². The van der Waals surface area contributed by atoms with Crippen molar-refractivity contribution in [3.8, 4) is 22.3 Å². The van der Waals surface area contributed by atoms with Crippen LogP contribution in [0, 0.1) is 5.92 Å². The van der Waals surface area contributed by atoms with Crippen LogP contribution in [0.4, 0.5) is 0 Å². The first-order chi connectivity index (χ1) is 15.0. The zero-order valence-corrected chi connectivity index (χ0v) is 22.6. The summed E-state index contributed by atoms with van der Waals surface area (Å²) >= 11 is -0.826. The van der Waals surface area contributed by atoms with E-state index in [2.05, 4.69) is 107 Å². The molecule has 160 valence electrons. The predicted molar refractivity (Wildman–Crippen MR) is 135 cm³/mol. The normalized spacial score (nSPS) is 11.0. The Balaban J connectivity index is 0.000000858. The fourth-order valence-electron chi connectivity index (χ4n) is 4.31. The van der Waals surface area contributed by atoms with E-state index >= 15 is 0 Å². The summed E-state index contributed by atoms with van der Waals surface area (Å²) < 4.78 is 0. The summed E-state index contributed by atoms with van der Waals surface area (Å²) in [7, 11) is 9.87. The van der Waals surface area contributed by atoms with Gasteiger partial charge in [-0.25, -0.2) is 0 Å². The van der Waals surface area contributed by atoms with Gasteiger partial charge in [0.05, 0.1) is 0 Å². The van der Waals surface area contributed by atoms with Crippen LogP contribution in [0.25, 0.3) is 33.0 Å². The number of halogens is 2. The van der Waals surface area contributed by atoms with E-state index in [1.807, 2.05) is 0 Å². The average molecular weight is 528 g/mol. The van der Waals surface area contributed by atoms with E-state index in [1.54, 1.807) is 0 Å². The van der Waals surface area contributed by atoms with Crippen LogP contribution >= 0.6 is 17.0 Å². The number of hydrogen-bond acceptors (Lipinski definition) is 0. The van der Waals surface area contributed by atoms with Crippen LogP contribution in [0.3, 0.4) is 0 Å². The Morgan fingerprint density at radius 2 is 1.45 bits per heavy atom. The Morgan fingerprint density at radius 1 is 0.806 bits per heavy atom. The molecule has 0 aliphatic carbocycles. The van der Waals surface area contributed by atoms with E-state index in [0.29, 0.717) is 11.8 Å². The molecule has 0 aliphatic rings. The van der Waals surface area contributed by atoms with Crippen LogP contribution in [0.15, 0.2) is 78.9 Å². The summed E-state index contributed by atoms with van der Waals surface area (Å²) in [5, 5.41) is 2.73. The van der Waals surface area contributed by atoms with Crippen LogP contribution in [0.2, 0.25) is 0 Å². The molecule has 0 heterocycles. The molecule has 0 aromatic heterocycles. The summed E-state index contributed by atoms with van der Waals surface area (Å²) in [4.78, 5) is 0. The van der Waals surface area contributed by atoms with Crippen molar-refractivity contribution in [3.63, 3.8) is 0 Å². The topological polar surface area (TPSA) is 0 Å². The summed E-state index contributed by atoms with van der Waals surface area (Å²) in [5.74, 6) is 1.15. The van der Waals surface area contributed by atoms with Gasteiger partial charge in [0, 0.05) is 0 Å². The maximum atomic E-state index is 4.93. The van der Waals surface area contributed by atoms with Gasteiger partial charge >= 0.3 is 37.9 Å². The number of hydrogen-bond donors (Lipinski definition) is 0. The average Bonchev–Trinajstić information content (AvgIpc) is 3.16. The molecule has 0 bridgehead atoms. The quantitative estimate of drug-likeness (QED) is 0.227. The molecule has 0 unspecified atom stereocenters. The molecule has 0 spiro atoms. The SMILES string of the molecule is CC(C)Cc1cc2c(-c3ccccc3C(C)C)c(-c3ccccc3)ccc2[cH-]1.[Cl][Zr][Cl]. The van der Waals surface area contributed by atoms with Gasteiger partial charge in [0.25, 0.3) is 0 Å². The van der Waals surface area contributed by atoms with Crippen molar-refractivity contribution in [1.29, 1.82) is 0 Å². The summed E-state index contributed by atoms with van der Waals surface area (Å²) in [6, 6.07) is 29.1. The summed E-state index contributed by atoms with van der Waals surface area (Å²) in [5.41, 5.74) is 8.21. The molecule has 0 saturated carbocycles. The van der Waals surface area contributed by atoms with Crippen LogP contribution in [0.1, 0.15) is 44.7 Å². The number of benzene rings is 3. The molecule has 0 nitrogen and oxygen atoms in total. The Morgan fingerprint density at radius 3 is 2.10 bits per heavy atom. The summed E-state index contributed by atoms with van der Waals surface area (Å²) in [6.07, 6.45) is 1.13. The Kier molecular flexibility index (Phi) is 9.09. The monoisotopic (exact) mass is 525 g/mol. The second-order valence-electron chi connectivity index (χ2n) is 8.63. The van der Waals surface area contributed by atoms with E-state index in [9.17, 15) is 0 Å². The van der Waals surface area contributed by atoms with Crippen molar-refractivity contribution in [2.45, 2.75) is 40.0 Å². The molecule has 4 rings (SSSR count). The van der Waals surface area contributed by atoms with E-state index < -0.39 is 20.8 Å². The third-order valence-electron chi connectivity index (χ3n) is 5.53. The molecule has 0 saturated heterocycles. The number of fused-ring (bicyclic) bond motifs is 1. The van der Waals surface area contributed by atoms with Gasteiger partial charge in [0.2, 0.25) is 0 Å². The van der Waals surface area contributed by atoms with Gasteiger partial charge in [-0.1, -0.05) is 93.9 Å². The van der Waals surface area contributed by atoms with E-state index in [0.717, 1.165) is 6.42 Å². The van der Waals surface area contributed by atoms with Crippen LogP contribution in [-0.4, -0.2) is 0 Å². The van der Waals surface area contributed by atoms with Crippen LogP contribution in [0.5, 0.6) is 0 Å². The minimum atomic E-state index is -0.826. The Hall–Kier alpha value is -1.27. The zero-order chi connectivity index (χ0) is 22.4. The molecule has 0 radical (unpaired) electrons. The first kappa shape index (κ1) is 24.4.